The van der Waals surface area contributed by atoms with E-state index in [1.807, 2.05) is 30.3 Å². The summed E-state index contributed by atoms with van der Waals surface area (Å²) in [6.07, 6.45) is 3.02. The molecular weight excluding hydrogens is 394 g/mol. The quantitative estimate of drug-likeness (QED) is 0.393. The van der Waals surface area contributed by atoms with Crippen molar-refractivity contribution in [3.05, 3.63) is 75.3 Å². The highest BCUT2D eigenvalue weighted by Crippen LogP contribution is 2.25. The summed E-state index contributed by atoms with van der Waals surface area (Å²) in [6, 6.07) is 14.1. The maximum Gasteiger partial charge on any atom is 0.288 e. The molecule has 1 aliphatic rings. The Bertz CT molecular complexity index is 881. The molecule has 0 N–H and O–H groups in total. The summed E-state index contributed by atoms with van der Waals surface area (Å²) in [6.45, 7) is 4.24. The standard InChI is InChI=1S/C21H22ClN3O4/c22-19-8-6-17(16-20(19)25(27)28)7-9-21(26)24-12-10-23(11-13-24)14-15-29-18-4-2-1-3-5-18/h1-9,16H,10-15H2/b9-7+. The van der Waals surface area contributed by atoms with Gasteiger partial charge in [0.2, 0.25) is 5.91 Å². The zero-order valence-electron chi connectivity index (χ0n) is 15.9. The predicted octanol–water partition coefficient (Wildman–Crippen LogP) is 3.48. The van der Waals surface area contributed by atoms with Crippen LogP contribution in [0, 0.1) is 10.1 Å². The SMILES string of the molecule is O=C(/C=C/c1ccc(Cl)c([N+](=O)[O-])c1)N1CCN(CCOc2ccccc2)CC1. The van der Waals surface area contributed by atoms with Gasteiger partial charge < -0.3 is 9.64 Å². The average molecular weight is 416 g/mol. The molecule has 7 nitrogen and oxygen atoms in total. The van der Waals surface area contributed by atoms with Crippen LogP contribution in [0.2, 0.25) is 5.02 Å². The summed E-state index contributed by atoms with van der Waals surface area (Å²) in [4.78, 5) is 26.8. The Morgan fingerprint density at radius 1 is 1.14 bits per heavy atom. The van der Waals surface area contributed by atoms with Crippen molar-refractivity contribution in [3.8, 4) is 5.75 Å². The van der Waals surface area contributed by atoms with Crippen LogP contribution in [0.5, 0.6) is 5.75 Å². The van der Waals surface area contributed by atoms with E-state index in [1.54, 1.807) is 17.0 Å². The van der Waals surface area contributed by atoms with Gasteiger partial charge in [-0.2, -0.15) is 0 Å². The van der Waals surface area contributed by atoms with Crippen molar-refractivity contribution in [2.24, 2.45) is 0 Å². The fourth-order valence-electron chi connectivity index (χ4n) is 3.05. The minimum Gasteiger partial charge on any atom is -0.492 e. The van der Waals surface area contributed by atoms with Gasteiger partial charge in [0, 0.05) is 44.9 Å². The second-order valence-electron chi connectivity index (χ2n) is 6.63. The van der Waals surface area contributed by atoms with Crippen LogP contribution >= 0.6 is 11.6 Å². The first kappa shape index (κ1) is 20.8. The highest BCUT2D eigenvalue weighted by atomic mass is 35.5. The Morgan fingerprint density at radius 2 is 1.86 bits per heavy atom. The van der Waals surface area contributed by atoms with E-state index in [0.29, 0.717) is 25.3 Å². The lowest BCUT2D eigenvalue weighted by atomic mass is 10.2. The van der Waals surface area contributed by atoms with Gasteiger partial charge in [-0.05, 0) is 29.8 Å². The number of ether oxygens (including phenoxy) is 1. The number of hydrogen-bond donors (Lipinski definition) is 0. The molecule has 2 aromatic rings. The number of piperazine rings is 1. The maximum atomic E-state index is 12.4. The number of amides is 1. The van der Waals surface area contributed by atoms with Crippen LogP contribution in [0.15, 0.2) is 54.6 Å². The summed E-state index contributed by atoms with van der Waals surface area (Å²) in [5.74, 6) is 0.747. The normalized spacial score (nSPS) is 14.9. The number of nitrogens with zero attached hydrogens (tertiary/aromatic N) is 3. The van der Waals surface area contributed by atoms with Crippen molar-refractivity contribution in [3.63, 3.8) is 0 Å². The van der Waals surface area contributed by atoms with E-state index in [1.165, 1.54) is 18.2 Å². The highest BCUT2D eigenvalue weighted by molar-refractivity contribution is 6.32. The molecule has 152 valence electrons. The zero-order chi connectivity index (χ0) is 20.6. The van der Waals surface area contributed by atoms with Gasteiger partial charge in [-0.15, -0.1) is 0 Å². The number of carbonyl (C=O) groups is 1. The van der Waals surface area contributed by atoms with Crippen LogP contribution in [0.3, 0.4) is 0 Å². The molecular formula is C21H22ClN3O4. The number of nitro groups is 1. The number of para-hydroxylation sites is 1. The van der Waals surface area contributed by atoms with Crippen LogP contribution < -0.4 is 4.74 Å². The fourth-order valence-corrected chi connectivity index (χ4v) is 3.23. The van der Waals surface area contributed by atoms with Crippen molar-refractivity contribution in [1.29, 1.82) is 0 Å². The molecule has 0 saturated carbocycles. The Hall–Kier alpha value is -2.90. The molecule has 0 unspecified atom stereocenters. The smallest absolute Gasteiger partial charge is 0.288 e. The summed E-state index contributed by atoms with van der Waals surface area (Å²) in [7, 11) is 0. The van der Waals surface area contributed by atoms with Crippen LogP contribution in [-0.4, -0.2) is 60.0 Å². The topological polar surface area (TPSA) is 75.9 Å². The molecule has 3 rings (SSSR count). The molecule has 0 spiro atoms. The first-order valence-electron chi connectivity index (χ1n) is 9.34. The lowest BCUT2D eigenvalue weighted by Gasteiger charge is -2.34. The molecule has 0 atom stereocenters. The third kappa shape index (κ3) is 6.04. The van der Waals surface area contributed by atoms with E-state index < -0.39 is 4.92 Å². The minimum absolute atomic E-state index is 0.0749. The first-order chi connectivity index (χ1) is 14.0. The van der Waals surface area contributed by atoms with Crippen LogP contribution in [0.25, 0.3) is 6.08 Å². The van der Waals surface area contributed by atoms with Gasteiger partial charge in [0.25, 0.3) is 5.69 Å². The van der Waals surface area contributed by atoms with Crippen molar-refractivity contribution in [2.45, 2.75) is 0 Å². The summed E-state index contributed by atoms with van der Waals surface area (Å²) >= 11 is 5.81. The Balaban J connectivity index is 1.44. The summed E-state index contributed by atoms with van der Waals surface area (Å²) in [5.41, 5.74) is 0.388. The molecule has 0 aliphatic carbocycles. The summed E-state index contributed by atoms with van der Waals surface area (Å²) in [5, 5.41) is 11.0. The largest absolute Gasteiger partial charge is 0.492 e. The molecule has 1 amide bonds. The Morgan fingerprint density at radius 3 is 2.55 bits per heavy atom. The van der Waals surface area contributed by atoms with E-state index in [9.17, 15) is 14.9 Å². The molecule has 1 saturated heterocycles. The molecule has 1 fully saturated rings. The number of halogens is 1. The van der Waals surface area contributed by atoms with Crippen LogP contribution in [0.1, 0.15) is 5.56 Å². The number of hydrogen-bond acceptors (Lipinski definition) is 5. The van der Waals surface area contributed by atoms with E-state index in [4.69, 9.17) is 16.3 Å². The van der Waals surface area contributed by atoms with E-state index in [2.05, 4.69) is 4.90 Å². The third-order valence-corrected chi connectivity index (χ3v) is 5.01. The second kappa shape index (κ2) is 10.0. The van der Waals surface area contributed by atoms with Gasteiger partial charge in [0.1, 0.15) is 17.4 Å². The third-order valence-electron chi connectivity index (χ3n) is 4.69. The molecule has 0 bridgehead atoms. The number of rotatable bonds is 7. The van der Waals surface area contributed by atoms with Gasteiger partial charge in [-0.25, -0.2) is 0 Å². The van der Waals surface area contributed by atoms with Gasteiger partial charge in [-0.3, -0.25) is 19.8 Å². The Kier molecular flexibility index (Phi) is 7.21. The zero-order valence-corrected chi connectivity index (χ0v) is 16.6. The van der Waals surface area contributed by atoms with Crippen LogP contribution in [-0.2, 0) is 4.79 Å². The van der Waals surface area contributed by atoms with Gasteiger partial charge >= 0.3 is 0 Å². The van der Waals surface area contributed by atoms with E-state index in [0.717, 1.165) is 25.4 Å². The molecule has 8 heteroatoms. The van der Waals surface area contributed by atoms with E-state index >= 15 is 0 Å². The minimum atomic E-state index is -0.539. The summed E-state index contributed by atoms with van der Waals surface area (Å²) < 4.78 is 5.71. The van der Waals surface area contributed by atoms with Crippen molar-refractivity contribution >= 4 is 29.3 Å². The highest BCUT2D eigenvalue weighted by Gasteiger charge is 2.19. The molecule has 2 aromatic carbocycles. The lowest BCUT2D eigenvalue weighted by Crippen LogP contribution is -2.49. The maximum absolute atomic E-state index is 12.4. The lowest BCUT2D eigenvalue weighted by molar-refractivity contribution is -0.384. The van der Waals surface area contributed by atoms with Gasteiger partial charge in [0.05, 0.1) is 4.92 Å². The van der Waals surface area contributed by atoms with E-state index in [-0.39, 0.29) is 16.6 Å². The number of carbonyl (C=O) groups excluding carboxylic acids is 1. The number of nitro benzene ring substituents is 1. The average Bonchev–Trinajstić information content (AvgIpc) is 2.74. The molecule has 1 aliphatic heterocycles. The number of benzene rings is 2. The van der Waals surface area contributed by atoms with Crippen LogP contribution in [0.4, 0.5) is 5.69 Å². The van der Waals surface area contributed by atoms with Crippen molar-refractivity contribution < 1.29 is 14.5 Å². The van der Waals surface area contributed by atoms with Gasteiger partial charge in [0.15, 0.2) is 0 Å². The van der Waals surface area contributed by atoms with Crippen molar-refractivity contribution in [1.82, 2.24) is 9.80 Å². The van der Waals surface area contributed by atoms with Crippen molar-refractivity contribution in [2.75, 3.05) is 39.3 Å². The monoisotopic (exact) mass is 415 g/mol. The fraction of sp³-hybridized carbons (Fsp3) is 0.286. The molecule has 1 heterocycles. The van der Waals surface area contributed by atoms with Gasteiger partial charge in [-0.1, -0.05) is 35.9 Å². The second-order valence-corrected chi connectivity index (χ2v) is 7.04. The molecule has 0 radical (unpaired) electrons. The predicted molar refractivity (Wildman–Crippen MR) is 112 cm³/mol. The Labute approximate surface area is 174 Å². The molecule has 29 heavy (non-hydrogen) atoms. The molecule has 0 aromatic heterocycles. The first-order valence-corrected chi connectivity index (χ1v) is 9.72.